The third kappa shape index (κ3) is 3.22. The molecule has 2 aromatic carbocycles. The zero-order valence-corrected chi connectivity index (χ0v) is 16.7. The molecule has 1 aliphatic rings. The minimum Gasteiger partial charge on any atom is -0.365 e. The minimum atomic E-state index is -0.0704. The van der Waals surface area contributed by atoms with Crippen LogP contribution in [0.5, 0.6) is 0 Å². The average Bonchev–Trinajstić information content (AvgIpc) is 3.34. The number of ether oxygens (including phenoxy) is 1. The van der Waals surface area contributed by atoms with Gasteiger partial charge in [-0.15, -0.1) is 5.10 Å². The van der Waals surface area contributed by atoms with E-state index < -0.39 is 0 Å². The summed E-state index contributed by atoms with van der Waals surface area (Å²) in [5.41, 5.74) is 5.67. The Labute approximate surface area is 172 Å². The second-order valence-electron chi connectivity index (χ2n) is 7.13. The van der Waals surface area contributed by atoms with Gasteiger partial charge < -0.3 is 9.26 Å². The second kappa shape index (κ2) is 7.09. The molecule has 0 saturated heterocycles. The van der Waals surface area contributed by atoms with Crippen LogP contribution in [0, 0.1) is 13.8 Å². The second-order valence-corrected chi connectivity index (χ2v) is 7.54. The predicted molar refractivity (Wildman–Crippen MR) is 107 cm³/mol. The number of aryl methyl sites for hydroxylation is 2. The van der Waals surface area contributed by atoms with Crippen molar-refractivity contribution in [1.82, 2.24) is 25.1 Å². The van der Waals surface area contributed by atoms with Gasteiger partial charge in [-0.3, -0.25) is 0 Å². The number of aromatic nitrogens is 5. The smallest absolute Gasteiger partial charge is 0.280 e. The lowest BCUT2D eigenvalue weighted by Crippen LogP contribution is -2.22. The maximum Gasteiger partial charge on any atom is 0.280 e. The zero-order valence-electron chi connectivity index (χ0n) is 16.0. The van der Waals surface area contributed by atoms with Crippen LogP contribution in [0.2, 0.25) is 5.02 Å². The van der Waals surface area contributed by atoms with Crippen LogP contribution < -0.4 is 0 Å². The fourth-order valence-corrected chi connectivity index (χ4v) is 3.84. The highest BCUT2D eigenvalue weighted by molar-refractivity contribution is 6.33. The van der Waals surface area contributed by atoms with Crippen molar-refractivity contribution in [1.29, 1.82) is 0 Å². The molecule has 0 N–H and O–H groups in total. The Bertz CT molecular complexity index is 1200. The summed E-state index contributed by atoms with van der Waals surface area (Å²) in [5.74, 6) is 0.715. The van der Waals surface area contributed by atoms with Crippen molar-refractivity contribution in [2.75, 3.05) is 0 Å². The maximum absolute atomic E-state index is 6.23. The monoisotopic (exact) mass is 407 g/mol. The Morgan fingerprint density at radius 3 is 2.83 bits per heavy atom. The Kier molecular flexibility index (Phi) is 4.41. The summed E-state index contributed by atoms with van der Waals surface area (Å²) in [6, 6.07) is 13.7. The molecule has 7 nitrogen and oxygen atoms in total. The van der Waals surface area contributed by atoms with E-state index in [4.69, 9.17) is 20.9 Å². The molecule has 0 fully saturated rings. The molecule has 0 aliphatic carbocycles. The van der Waals surface area contributed by atoms with Crippen molar-refractivity contribution in [3.05, 3.63) is 69.9 Å². The zero-order chi connectivity index (χ0) is 20.0. The molecule has 8 heteroatoms. The molecular weight excluding hydrogens is 390 g/mol. The van der Waals surface area contributed by atoms with E-state index in [9.17, 15) is 0 Å². The number of fused-ring (bicyclic) bond motifs is 1. The molecule has 2 aromatic heterocycles. The fourth-order valence-electron chi connectivity index (χ4n) is 3.62. The van der Waals surface area contributed by atoms with Gasteiger partial charge in [-0.1, -0.05) is 57.9 Å². The third-order valence-electron chi connectivity index (χ3n) is 5.11. The van der Waals surface area contributed by atoms with Crippen LogP contribution in [-0.4, -0.2) is 25.1 Å². The minimum absolute atomic E-state index is 0.0704. The molecule has 1 atom stereocenters. The SMILES string of the molecule is Cc1ccc([C@H]2Cn3nnc(-c4nc(-c5ccccc5Cl)no4)c3CO2)c(C)c1. The normalized spacial score (nSPS) is 16.0. The molecule has 0 unspecified atom stereocenters. The first-order chi connectivity index (χ1) is 14.1. The quantitative estimate of drug-likeness (QED) is 0.496. The summed E-state index contributed by atoms with van der Waals surface area (Å²) in [6.45, 7) is 5.13. The van der Waals surface area contributed by atoms with Crippen molar-refractivity contribution >= 4 is 11.6 Å². The van der Waals surface area contributed by atoms with Crippen molar-refractivity contribution in [2.45, 2.75) is 33.1 Å². The number of hydrogen-bond donors (Lipinski definition) is 0. The van der Waals surface area contributed by atoms with E-state index in [1.54, 1.807) is 6.07 Å². The molecule has 29 heavy (non-hydrogen) atoms. The van der Waals surface area contributed by atoms with Crippen LogP contribution in [0.3, 0.4) is 0 Å². The number of halogens is 1. The van der Waals surface area contributed by atoms with Crippen LogP contribution in [0.15, 0.2) is 47.0 Å². The van der Waals surface area contributed by atoms with Crippen LogP contribution in [0.1, 0.15) is 28.5 Å². The number of nitrogens with zero attached hydrogens (tertiary/aromatic N) is 5. The predicted octanol–water partition coefficient (Wildman–Crippen LogP) is 4.54. The van der Waals surface area contributed by atoms with Gasteiger partial charge in [0, 0.05) is 5.56 Å². The van der Waals surface area contributed by atoms with Gasteiger partial charge >= 0.3 is 0 Å². The highest BCUT2D eigenvalue weighted by atomic mass is 35.5. The molecule has 0 bridgehead atoms. The molecular formula is C21H18ClN5O2. The van der Waals surface area contributed by atoms with Gasteiger partial charge in [-0.2, -0.15) is 4.98 Å². The van der Waals surface area contributed by atoms with E-state index in [0.29, 0.717) is 41.1 Å². The molecule has 1 aliphatic heterocycles. The Morgan fingerprint density at radius 2 is 2.00 bits per heavy atom. The van der Waals surface area contributed by atoms with Gasteiger partial charge in [0.2, 0.25) is 5.82 Å². The summed E-state index contributed by atoms with van der Waals surface area (Å²) < 4.78 is 13.4. The molecule has 4 aromatic rings. The summed E-state index contributed by atoms with van der Waals surface area (Å²) in [4.78, 5) is 4.46. The van der Waals surface area contributed by atoms with Crippen molar-refractivity contribution in [3.8, 4) is 23.0 Å². The highest BCUT2D eigenvalue weighted by Gasteiger charge is 2.28. The van der Waals surface area contributed by atoms with Crippen LogP contribution >= 0.6 is 11.6 Å². The van der Waals surface area contributed by atoms with E-state index in [1.165, 1.54) is 11.1 Å². The Morgan fingerprint density at radius 1 is 1.14 bits per heavy atom. The molecule has 0 radical (unpaired) electrons. The van der Waals surface area contributed by atoms with Gasteiger partial charge in [0.05, 0.1) is 23.9 Å². The van der Waals surface area contributed by atoms with E-state index in [2.05, 4.69) is 52.5 Å². The first-order valence-electron chi connectivity index (χ1n) is 9.30. The molecule has 0 saturated carbocycles. The van der Waals surface area contributed by atoms with Crippen LogP contribution in [0.25, 0.3) is 23.0 Å². The number of benzene rings is 2. The van der Waals surface area contributed by atoms with Gasteiger partial charge in [-0.25, -0.2) is 4.68 Å². The first-order valence-corrected chi connectivity index (χ1v) is 9.68. The number of rotatable bonds is 3. The summed E-state index contributed by atoms with van der Waals surface area (Å²) in [7, 11) is 0. The molecule has 5 rings (SSSR count). The summed E-state index contributed by atoms with van der Waals surface area (Å²) in [5, 5.41) is 13.2. The van der Waals surface area contributed by atoms with E-state index in [1.807, 2.05) is 22.9 Å². The molecule has 3 heterocycles. The molecule has 0 amide bonds. The first kappa shape index (κ1) is 18.0. The lowest BCUT2D eigenvalue weighted by molar-refractivity contribution is -0.00153. The average molecular weight is 408 g/mol. The van der Waals surface area contributed by atoms with E-state index >= 15 is 0 Å². The van der Waals surface area contributed by atoms with Gasteiger partial charge in [0.1, 0.15) is 6.10 Å². The van der Waals surface area contributed by atoms with Crippen LogP contribution in [0.4, 0.5) is 0 Å². The highest BCUT2D eigenvalue weighted by Crippen LogP contribution is 2.33. The molecule has 0 spiro atoms. The topological polar surface area (TPSA) is 78.9 Å². The van der Waals surface area contributed by atoms with E-state index in [-0.39, 0.29) is 6.10 Å². The fraction of sp³-hybridized carbons (Fsp3) is 0.238. The Balaban J connectivity index is 1.43. The summed E-state index contributed by atoms with van der Waals surface area (Å²) >= 11 is 6.23. The van der Waals surface area contributed by atoms with E-state index in [0.717, 1.165) is 11.3 Å². The van der Waals surface area contributed by atoms with Crippen LogP contribution in [-0.2, 0) is 17.9 Å². The number of hydrogen-bond acceptors (Lipinski definition) is 6. The van der Waals surface area contributed by atoms with Crippen molar-refractivity contribution < 1.29 is 9.26 Å². The molecule has 146 valence electrons. The third-order valence-corrected chi connectivity index (χ3v) is 5.44. The maximum atomic E-state index is 6.23. The van der Waals surface area contributed by atoms with Crippen molar-refractivity contribution in [2.24, 2.45) is 0 Å². The van der Waals surface area contributed by atoms with Gasteiger partial charge in [0.15, 0.2) is 5.69 Å². The lowest BCUT2D eigenvalue weighted by atomic mass is 10.0. The summed E-state index contributed by atoms with van der Waals surface area (Å²) in [6.07, 6.45) is -0.0704. The van der Waals surface area contributed by atoms with Gasteiger partial charge in [0.25, 0.3) is 5.89 Å². The lowest BCUT2D eigenvalue weighted by Gasteiger charge is -2.25. The van der Waals surface area contributed by atoms with Gasteiger partial charge in [-0.05, 0) is 37.1 Å². The Hall–Kier alpha value is -3.03. The van der Waals surface area contributed by atoms with Crippen molar-refractivity contribution in [3.63, 3.8) is 0 Å². The standard InChI is InChI=1S/C21H18ClN5O2/c1-12-7-8-14(13(2)9-12)18-10-27-17(11-28-18)19(24-26-27)21-23-20(25-29-21)15-5-3-4-6-16(15)22/h3-9,18H,10-11H2,1-2H3/t18-/m1/s1. The largest absolute Gasteiger partial charge is 0.365 e.